The number of hydrogen-bond donors (Lipinski definition) is 0. The number of nitrogens with zero attached hydrogens (tertiary/aromatic N) is 5. The Morgan fingerprint density at radius 2 is 2.03 bits per heavy atom. The zero-order valence-electron chi connectivity index (χ0n) is 15.4. The van der Waals surface area contributed by atoms with Gasteiger partial charge in [-0.2, -0.15) is 8.78 Å². The van der Waals surface area contributed by atoms with Crippen molar-refractivity contribution in [1.29, 1.82) is 0 Å². The molecular formula is C16H17F2N5O4S2. The maximum atomic E-state index is 12.6. The van der Waals surface area contributed by atoms with E-state index in [0.717, 1.165) is 11.3 Å². The topological polar surface area (TPSA) is 111 Å². The fourth-order valence-electron chi connectivity index (χ4n) is 2.32. The molecule has 0 aliphatic rings. The van der Waals surface area contributed by atoms with Crippen LogP contribution >= 0.6 is 11.3 Å². The van der Waals surface area contributed by atoms with Crippen LogP contribution in [0.5, 0.6) is 5.75 Å². The molecule has 0 aliphatic carbocycles. The number of anilines is 1. The van der Waals surface area contributed by atoms with Crippen LogP contribution in [0, 0.1) is 0 Å². The molecule has 0 spiro atoms. The van der Waals surface area contributed by atoms with Gasteiger partial charge in [-0.05, 0) is 13.8 Å². The van der Waals surface area contributed by atoms with Crippen LogP contribution in [0.1, 0.15) is 31.2 Å². The SMILES string of the molecule is CCOc1cncc(N(Cc2ncc(-c3nnc(C(F)F)o3)s2)S(=O)(=O)CC)c1. The Balaban J connectivity index is 1.89. The zero-order valence-corrected chi connectivity index (χ0v) is 17.1. The summed E-state index contributed by atoms with van der Waals surface area (Å²) in [6, 6.07) is 1.57. The maximum absolute atomic E-state index is 12.6. The van der Waals surface area contributed by atoms with E-state index < -0.39 is 22.3 Å². The second kappa shape index (κ2) is 8.78. The summed E-state index contributed by atoms with van der Waals surface area (Å²) in [6.07, 6.45) is 1.39. The molecule has 0 atom stereocenters. The maximum Gasteiger partial charge on any atom is 0.314 e. The minimum atomic E-state index is -3.65. The van der Waals surface area contributed by atoms with Crippen molar-refractivity contribution in [2.45, 2.75) is 26.8 Å². The van der Waals surface area contributed by atoms with Gasteiger partial charge in [0.05, 0.1) is 43.2 Å². The van der Waals surface area contributed by atoms with Gasteiger partial charge in [0, 0.05) is 6.07 Å². The lowest BCUT2D eigenvalue weighted by molar-refractivity contribution is 0.116. The second-order valence-corrected chi connectivity index (χ2v) is 8.88. The van der Waals surface area contributed by atoms with Crippen LogP contribution in [-0.2, 0) is 16.6 Å². The highest BCUT2D eigenvalue weighted by Crippen LogP contribution is 2.30. The summed E-state index contributed by atoms with van der Waals surface area (Å²) in [5, 5.41) is 7.26. The Morgan fingerprint density at radius 3 is 2.69 bits per heavy atom. The van der Waals surface area contributed by atoms with Gasteiger partial charge in [-0.15, -0.1) is 21.5 Å². The predicted molar refractivity (Wildman–Crippen MR) is 101 cm³/mol. The van der Waals surface area contributed by atoms with Gasteiger partial charge in [-0.25, -0.2) is 13.4 Å². The third-order valence-electron chi connectivity index (χ3n) is 3.67. The van der Waals surface area contributed by atoms with Crippen LogP contribution in [-0.4, -0.2) is 40.9 Å². The lowest BCUT2D eigenvalue weighted by atomic mass is 10.4. The fourth-order valence-corrected chi connectivity index (χ4v) is 4.28. The Labute approximate surface area is 169 Å². The van der Waals surface area contributed by atoms with E-state index >= 15 is 0 Å². The molecule has 0 fully saturated rings. The number of rotatable bonds is 9. The lowest BCUT2D eigenvalue weighted by Crippen LogP contribution is -2.31. The average molecular weight is 445 g/mol. The quantitative estimate of drug-likeness (QED) is 0.493. The van der Waals surface area contributed by atoms with Crippen LogP contribution in [0.25, 0.3) is 10.8 Å². The number of alkyl halides is 2. The van der Waals surface area contributed by atoms with E-state index in [2.05, 4.69) is 20.2 Å². The molecule has 9 nitrogen and oxygen atoms in total. The minimum absolute atomic E-state index is 0.0755. The molecular weight excluding hydrogens is 428 g/mol. The molecule has 29 heavy (non-hydrogen) atoms. The van der Waals surface area contributed by atoms with Crippen molar-refractivity contribution in [3.63, 3.8) is 0 Å². The van der Waals surface area contributed by atoms with E-state index in [4.69, 9.17) is 9.15 Å². The summed E-state index contributed by atoms with van der Waals surface area (Å²) in [7, 11) is -3.65. The Kier molecular flexibility index (Phi) is 6.37. The number of aromatic nitrogens is 4. The van der Waals surface area contributed by atoms with E-state index in [1.807, 2.05) is 0 Å². The molecule has 0 amide bonds. The highest BCUT2D eigenvalue weighted by atomic mass is 32.2. The molecule has 3 aromatic rings. The van der Waals surface area contributed by atoms with E-state index in [1.54, 1.807) is 13.0 Å². The van der Waals surface area contributed by atoms with Gasteiger partial charge >= 0.3 is 6.43 Å². The molecule has 0 bridgehead atoms. The molecule has 156 valence electrons. The van der Waals surface area contributed by atoms with E-state index in [9.17, 15) is 17.2 Å². The van der Waals surface area contributed by atoms with Gasteiger partial charge in [0.2, 0.25) is 10.0 Å². The molecule has 0 saturated carbocycles. The van der Waals surface area contributed by atoms with Crippen molar-refractivity contribution in [3.05, 3.63) is 35.6 Å². The second-order valence-electron chi connectivity index (χ2n) is 5.58. The number of halogens is 2. The first-order valence-electron chi connectivity index (χ1n) is 8.49. The van der Waals surface area contributed by atoms with Crippen LogP contribution in [0.3, 0.4) is 0 Å². The summed E-state index contributed by atoms with van der Waals surface area (Å²) < 4.78 is 62.0. The van der Waals surface area contributed by atoms with E-state index in [-0.39, 0.29) is 18.2 Å². The molecule has 3 rings (SSSR count). The smallest absolute Gasteiger partial charge is 0.314 e. The molecule has 0 N–H and O–H groups in total. The Bertz CT molecular complexity index is 1070. The standard InChI is InChI=1S/C16H17F2N5O4S2/c1-3-26-11-5-10(6-19-7-11)23(29(24,25)4-2)9-13-20-8-12(28-13)15-21-22-16(27-15)14(17)18/h5-8,14H,3-4,9H2,1-2H3. The van der Waals surface area contributed by atoms with E-state index in [1.165, 1.54) is 29.8 Å². The van der Waals surface area contributed by atoms with Crippen LogP contribution in [0.2, 0.25) is 0 Å². The monoisotopic (exact) mass is 445 g/mol. The largest absolute Gasteiger partial charge is 0.492 e. The molecule has 0 radical (unpaired) electrons. The van der Waals surface area contributed by atoms with Gasteiger partial charge in [0.25, 0.3) is 11.8 Å². The third kappa shape index (κ3) is 4.85. The molecule has 3 heterocycles. The zero-order chi connectivity index (χ0) is 21.0. The Morgan fingerprint density at radius 1 is 1.24 bits per heavy atom. The van der Waals surface area contributed by atoms with Crippen molar-refractivity contribution in [2.24, 2.45) is 0 Å². The van der Waals surface area contributed by atoms with Crippen LogP contribution in [0.4, 0.5) is 14.5 Å². The van der Waals surface area contributed by atoms with Gasteiger partial charge in [-0.3, -0.25) is 9.29 Å². The minimum Gasteiger partial charge on any atom is -0.492 e. The molecule has 13 heteroatoms. The summed E-state index contributed by atoms with van der Waals surface area (Å²) in [4.78, 5) is 8.55. The predicted octanol–water partition coefficient (Wildman–Crippen LogP) is 3.28. The van der Waals surface area contributed by atoms with Crippen molar-refractivity contribution in [2.75, 3.05) is 16.7 Å². The average Bonchev–Trinajstić information content (AvgIpc) is 3.36. The molecule has 0 aromatic carbocycles. The van der Waals surface area contributed by atoms with Crippen molar-refractivity contribution in [3.8, 4) is 16.5 Å². The summed E-state index contributed by atoms with van der Waals surface area (Å²) in [5.74, 6) is -0.588. The molecule has 0 saturated heterocycles. The normalized spacial score (nSPS) is 11.8. The summed E-state index contributed by atoms with van der Waals surface area (Å²) >= 11 is 1.07. The number of hydrogen-bond acceptors (Lipinski definition) is 9. The van der Waals surface area contributed by atoms with Gasteiger partial charge in [0.15, 0.2) is 0 Å². The van der Waals surface area contributed by atoms with Gasteiger partial charge < -0.3 is 9.15 Å². The van der Waals surface area contributed by atoms with Crippen LogP contribution in [0.15, 0.2) is 29.1 Å². The number of pyridine rings is 1. The number of thiazole rings is 1. The summed E-state index contributed by atoms with van der Waals surface area (Å²) in [6.45, 7) is 3.67. The van der Waals surface area contributed by atoms with Gasteiger partial charge in [0.1, 0.15) is 15.6 Å². The Hall–Kier alpha value is -2.67. The van der Waals surface area contributed by atoms with Crippen molar-refractivity contribution >= 4 is 27.0 Å². The molecule has 0 aliphatic heterocycles. The first-order valence-corrected chi connectivity index (χ1v) is 10.9. The van der Waals surface area contributed by atoms with E-state index in [0.29, 0.717) is 27.9 Å². The summed E-state index contributed by atoms with van der Waals surface area (Å²) in [5.41, 5.74) is 0.326. The highest BCUT2D eigenvalue weighted by Gasteiger charge is 2.24. The fraction of sp³-hybridized carbons (Fsp3) is 0.375. The molecule has 3 aromatic heterocycles. The molecule has 0 unspecified atom stereocenters. The van der Waals surface area contributed by atoms with Crippen molar-refractivity contribution < 1.29 is 26.4 Å². The first-order chi connectivity index (χ1) is 13.8. The number of sulfonamides is 1. The number of ether oxygens (including phenoxy) is 1. The highest BCUT2D eigenvalue weighted by molar-refractivity contribution is 7.92. The lowest BCUT2D eigenvalue weighted by Gasteiger charge is -2.22. The van der Waals surface area contributed by atoms with Gasteiger partial charge in [-0.1, -0.05) is 0 Å². The first kappa shape index (κ1) is 21.0. The van der Waals surface area contributed by atoms with Crippen molar-refractivity contribution in [1.82, 2.24) is 20.2 Å². The van der Waals surface area contributed by atoms with Crippen LogP contribution < -0.4 is 9.04 Å². The third-order valence-corrected chi connectivity index (χ3v) is 6.38.